The lowest BCUT2D eigenvalue weighted by Crippen LogP contribution is -3.28. The van der Waals surface area contributed by atoms with Gasteiger partial charge in [-0.3, -0.25) is 14.0 Å². The fraction of sp³-hybridized carbons (Fsp3) is 0.632. The highest BCUT2D eigenvalue weighted by Crippen LogP contribution is 2.28. The SMILES string of the molecule is CN(C)C(=O)C[NH+]1CC[NH+](Cc2cc(=O)n3c4c(sc3n2)CCCC4)CC1. The van der Waals surface area contributed by atoms with Gasteiger partial charge >= 0.3 is 0 Å². The van der Waals surface area contributed by atoms with Gasteiger partial charge in [-0.1, -0.05) is 0 Å². The molecule has 1 amide bonds. The molecule has 4 rings (SSSR count). The molecule has 1 fully saturated rings. The van der Waals surface area contributed by atoms with Crippen molar-refractivity contribution in [1.82, 2.24) is 14.3 Å². The van der Waals surface area contributed by atoms with E-state index in [1.165, 1.54) is 33.2 Å². The van der Waals surface area contributed by atoms with Crippen LogP contribution in [0.1, 0.15) is 29.1 Å². The Morgan fingerprint density at radius 3 is 2.63 bits per heavy atom. The number of aryl methyl sites for hydroxylation is 2. The van der Waals surface area contributed by atoms with Crippen molar-refractivity contribution in [3.8, 4) is 0 Å². The minimum Gasteiger partial charge on any atom is -0.344 e. The van der Waals surface area contributed by atoms with Crippen molar-refractivity contribution in [1.29, 1.82) is 0 Å². The van der Waals surface area contributed by atoms with Crippen LogP contribution >= 0.6 is 11.3 Å². The molecule has 2 N–H and O–H groups in total. The number of hydrogen-bond donors (Lipinski definition) is 2. The number of carbonyl (C=O) groups is 1. The number of piperazine rings is 1. The van der Waals surface area contributed by atoms with Gasteiger partial charge in [0.15, 0.2) is 11.5 Å². The molecule has 0 unspecified atom stereocenters. The summed E-state index contributed by atoms with van der Waals surface area (Å²) in [6.45, 7) is 5.37. The number of carbonyl (C=O) groups excluding carboxylic acids is 1. The van der Waals surface area contributed by atoms with E-state index in [1.54, 1.807) is 22.3 Å². The van der Waals surface area contributed by atoms with E-state index in [2.05, 4.69) is 0 Å². The van der Waals surface area contributed by atoms with E-state index in [9.17, 15) is 9.59 Å². The fourth-order valence-electron chi connectivity index (χ4n) is 4.17. The predicted octanol–water partition coefficient (Wildman–Crippen LogP) is -1.99. The first-order chi connectivity index (χ1) is 13.0. The fourth-order valence-corrected chi connectivity index (χ4v) is 5.40. The molecule has 0 bridgehead atoms. The number of rotatable bonds is 4. The zero-order chi connectivity index (χ0) is 19.0. The summed E-state index contributed by atoms with van der Waals surface area (Å²) in [5.41, 5.74) is 2.18. The van der Waals surface area contributed by atoms with E-state index >= 15 is 0 Å². The summed E-state index contributed by atoms with van der Waals surface area (Å²) < 4.78 is 1.84. The Labute approximate surface area is 163 Å². The second kappa shape index (κ2) is 7.69. The molecule has 7 nitrogen and oxygen atoms in total. The van der Waals surface area contributed by atoms with Gasteiger partial charge in [0.1, 0.15) is 38.4 Å². The zero-order valence-corrected chi connectivity index (χ0v) is 17.0. The molecule has 146 valence electrons. The van der Waals surface area contributed by atoms with E-state index in [0.29, 0.717) is 6.54 Å². The molecule has 2 aromatic heterocycles. The van der Waals surface area contributed by atoms with Crippen molar-refractivity contribution in [2.45, 2.75) is 32.2 Å². The molecule has 8 heteroatoms. The van der Waals surface area contributed by atoms with Crippen LogP contribution in [0.15, 0.2) is 10.9 Å². The van der Waals surface area contributed by atoms with Gasteiger partial charge in [0.2, 0.25) is 0 Å². The lowest BCUT2D eigenvalue weighted by Gasteiger charge is -2.29. The van der Waals surface area contributed by atoms with Crippen molar-refractivity contribution in [2.75, 3.05) is 46.8 Å². The van der Waals surface area contributed by atoms with Gasteiger partial charge in [0.25, 0.3) is 11.5 Å². The summed E-state index contributed by atoms with van der Waals surface area (Å²) in [5.74, 6) is 0.190. The van der Waals surface area contributed by atoms with Crippen LogP contribution in [0.2, 0.25) is 0 Å². The van der Waals surface area contributed by atoms with Gasteiger partial charge < -0.3 is 14.7 Å². The van der Waals surface area contributed by atoms with Crippen LogP contribution in [-0.4, -0.2) is 67.0 Å². The number of likely N-dealkylation sites (N-methyl/N-ethyl adjacent to an activating group) is 1. The van der Waals surface area contributed by atoms with Crippen molar-refractivity contribution in [3.05, 3.63) is 32.7 Å². The van der Waals surface area contributed by atoms with Crippen LogP contribution in [0, 0.1) is 0 Å². The van der Waals surface area contributed by atoms with E-state index in [1.807, 2.05) is 18.5 Å². The van der Waals surface area contributed by atoms with Crippen LogP contribution in [0.3, 0.4) is 0 Å². The summed E-state index contributed by atoms with van der Waals surface area (Å²) in [6.07, 6.45) is 4.46. The number of fused-ring (bicyclic) bond motifs is 3. The van der Waals surface area contributed by atoms with Gasteiger partial charge in [-0.2, -0.15) is 0 Å². The molecule has 2 aliphatic rings. The van der Waals surface area contributed by atoms with Gasteiger partial charge in [-0.05, 0) is 25.7 Å². The van der Waals surface area contributed by atoms with Crippen LogP contribution in [0.4, 0.5) is 0 Å². The average Bonchev–Trinajstić information content (AvgIpc) is 3.02. The third-order valence-electron chi connectivity index (χ3n) is 5.81. The first-order valence-electron chi connectivity index (χ1n) is 9.92. The van der Waals surface area contributed by atoms with E-state index in [4.69, 9.17) is 4.98 Å². The molecule has 0 spiro atoms. The number of amides is 1. The first-order valence-corrected chi connectivity index (χ1v) is 10.7. The zero-order valence-electron chi connectivity index (χ0n) is 16.2. The van der Waals surface area contributed by atoms with Gasteiger partial charge in [0, 0.05) is 30.7 Å². The molecule has 1 aliphatic carbocycles. The normalized spacial score (nSPS) is 22.6. The molecular formula is C19H29N5O2S+2. The predicted molar refractivity (Wildman–Crippen MR) is 105 cm³/mol. The maximum Gasteiger partial charge on any atom is 0.277 e. The quantitative estimate of drug-likeness (QED) is 0.634. The Morgan fingerprint density at radius 1 is 1.19 bits per heavy atom. The topological polar surface area (TPSA) is 63.6 Å². The van der Waals surface area contributed by atoms with Crippen LogP contribution in [-0.2, 0) is 24.2 Å². The first kappa shape index (κ1) is 18.6. The molecule has 0 atom stereocenters. The smallest absolute Gasteiger partial charge is 0.277 e. The molecule has 0 aromatic carbocycles. The Bertz CT molecular complexity index is 895. The van der Waals surface area contributed by atoms with Crippen molar-refractivity contribution in [3.63, 3.8) is 0 Å². The van der Waals surface area contributed by atoms with Crippen molar-refractivity contribution < 1.29 is 14.6 Å². The maximum absolute atomic E-state index is 12.7. The Kier molecular flexibility index (Phi) is 5.29. The van der Waals surface area contributed by atoms with Crippen LogP contribution < -0.4 is 15.4 Å². The minimum absolute atomic E-state index is 0.0784. The van der Waals surface area contributed by atoms with Gasteiger partial charge in [-0.15, -0.1) is 11.3 Å². The van der Waals surface area contributed by atoms with E-state index in [0.717, 1.165) is 56.2 Å². The van der Waals surface area contributed by atoms with E-state index < -0.39 is 0 Å². The van der Waals surface area contributed by atoms with Crippen molar-refractivity contribution in [2.24, 2.45) is 0 Å². The summed E-state index contributed by atoms with van der Waals surface area (Å²) in [7, 11) is 3.62. The molecular weight excluding hydrogens is 362 g/mol. The lowest BCUT2D eigenvalue weighted by molar-refractivity contribution is -1.02. The number of hydrogen-bond acceptors (Lipinski definition) is 4. The highest BCUT2D eigenvalue weighted by Gasteiger charge is 2.26. The summed E-state index contributed by atoms with van der Waals surface area (Å²) in [5, 5.41) is 0. The molecule has 27 heavy (non-hydrogen) atoms. The Morgan fingerprint density at radius 2 is 1.89 bits per heavy atom. The monoisotopic (exact) mass is 391 g/mol. The number of aromatic nitrogens is 2. The van der Waals surface area contributed by atoms with Crippen molar-refractivity contribution >= 4 is 22.2 Å². The second-order valence-electron chi connectivity index (χ2n) is 8.02. The average molecular weight is 392 g/mol. The Balaban J connectivity index is 1.42. The Hall–Kier alpha value is -1.77. The minimum atomic E-state index is 0.0784. The molecule has 3 heterocycles. The molecule has 1 aliphatic heterocycles. The summed E-state index contributed by atoms with van der Waals surface area (Å²) in [4.78, 5) is 36.1. The standard InChI is InChI=1S/C19H27N5O2S/c1-21(2)18(26)13-23-9-7-22(8-10-23)12-14-11-17(25)24-15-5-3-4-6-16(15)27-19(24)20-14/h11H,3-10,12-13H2,1-2H3/p+2. The molecule has 1 saturated heterocycles. The second-order valence-corrected chi connectivity index (χ2v) is 9.09. The molecule has 0 saturated carbocycles. The van der Waals surface area contributed by atoms with Crippen LogP contribution in [0.5, 0.6) is 0 Å². The number of quaternary nitrogens is 2. The van der Waals surface area contributed by atoms with E-state index in [-0.39, 0.29) is 11.5 Å². The maximum atomic E-state index is 12.7. The lowest BCUT2D eigenvalue weighted by atomic mass is 10.0. The largest absolute Gasteiger partial charge is 0.344 e. The highest BCUT2D eigenvalue weighted by molar-refractivity contribution is 7.17. The summed E-state index contributed by atoms with van der Waals surface area (Å²) >= 11 is 1.70. The number of thiazole rings is 1. The highest BCUT2D eigenvalue weighted by atomic mass is 32.1. The van der Waals surface area contributed by atoms with Crippen LogP contribution in [0.25, 0.3) is 4.96 Å². The summed E-state index contributed by atoms with van der Waals surface area (Å²) in [6, 6.07) is 1.73. The van der Waals surface area contributed by atoms with Gasteiger partial charge in [0.05, 0.1) is 0 Å². The molecule has 0 radical (unpaired) electrons. The third-order valence-corrected chi connectivity index (χ3v) is 6.95. The molecule has 2 aromatic rings. The number of nitrogens with one attached hydrogen (secondary N) is 2. The third kappa shape index (κ3) is 3.93. The number of nitrogens with zero attached hydrogens (tertiary/aromatic N) is 3. The van der Waals surface area contributed by atoms with Gasteiger partial charge in [-0.25, -0.2) is 4.98 Å².